The van der Waals surface area contributed by atoms with Crippen LogP contribution in [0.3, 0.4) is 0 Å². The van der Waals surface area contributed by atoms with Crippen molar-refractivity contribution in [3.63, 3.8) is 0 Å². The molecule has 0 amide bonds. The van der Waals surface area contributed by atoms with Crippen molar-refractivity contribution in [1.82, 2.24) is 0 Å². The average molecular weight is 395 g/mol. The number of carboxylic acids is 1. The number of benzene rings is 2. The number of aliphatic carboxylic acids is 1. The van der Waals surface area contributed by atoms with E-state index in [0.717, 1.165) is 18.9 Å². The lowest BCUT2D eigenvalue weighted by molar-refractivity contribution is -0.136. The summed E-state index contributed by atoms with van der Waals surface area (Å²) in [5.74, 6) is -0.827. The van der Waals surface area contributed by atoms with Crippen LogP contribution in [0.5, 0.6) is 0 Å². The number of carboxylic acid groups (broad SMARTS) is 1. The van der Waals surface area contributed by atoms with Crippen LogP contribution in [-0.2, 0) is 11.2 Å². The fourth-order valence-electron chi connectivity index (χ4n) is 1.64. The SMILES string of the molecule is N#Cc1ccc(Sc2ccc(CC(=O)O)cc2)cc1I. The predicted octanol–water partition coefficient (Wildman–Crippen LogP) is 3.94. The molecule has 100 valence electrons. The Kier molecular flexibility index (Phi) is 5.04. The van der Waals surface area contributed by atoms with Gasteiger partial charge in [-0.05, 0) is 58.5 Å². The first-order chi connectivity index (χ1) is 9.58. The second-order valence-corrected chi connectivity index (χ2v) is 6.38. The van der Waals surface area contributed by atoms with Crippen LogP contribution in [0.25, 0.3) is 0 Å². The number of rotatable bonds is 4. The Morgan fingerprint density at radius 3 is 2.40 bits per heavy atom. The lowest BCUT2D eigenvalue weighted by Crippen LogP contribution is -1.99. The fourth-order valence-corrected chi connectivity index (χ4v) is 3.34. The molecule has 0 unspecified atom stereocenters. The van der Waals surface area contributed by atoms with E-state index in [9.17, 15) is 4.79 Å². The highest BCUT2D eigenvalue weighted by molar-refractivity contribution is 14.1. The summed E-state index contributed by atoms with van der Waals surface area (Å²) in [4.78, 5) is 12.7. The molecule has 0 heterocycles. The summed E-state index contributed by atoms with van der Waals surface area (Å²) in [7, 11) is 0. The van der Waals surface area contributed by atoms with Gasteiger partial charge in [0.1, 0.15) is 6.07 Å². The van der Waals surface area contributed by atoms with Gasteiger partial charge >= 0.3 is 5.97 Å². The molecule has 2 aromatic rings. The summed E-state index contributed by atoms with van der Waals surface area (Å²) in [5.41, 5.74) is 1.46. The molecule has 0 atom stereocenters. The Hall–Kier alpha value is -1.52. The molecule has 1 N–H and O–H groups in total. The molecular weight excluding hydrogens is 385 g/mol. The van der Waals surface area contributed by atoms with Gasteiger partial charge in [-0.25, -0.2) is 0 Å². The van der Waals surface area contributed by atoms with E-state index in [0.29, 0.717) is 5.56 Å². The van der Waals surface area contributed by atoms with Gasteiger partial charge < -0.3 is 5.11 Å². The van der Waals surface area contributed by atoms with E-state index >= 15 is 0 Å². The van der Waals surface area contributed by atoms with E-state index in [4.69, 9.17) is 10.4 Å². The zero-order valence-electron chi connectivity index (χ0n) is 10.3. The Labute approximate surface area is 134 Å². The molecular formula is C15H10INO2S. The first kappa shape index (κ1) is 14.9. The molecule has 2 aromatic carbocycles. The number of hydrogen-bond donors (Lipinski definition) is 1. The smallest absolute Gasteiger partial charge is 0.307 e. The van der Waals surface area contributed by atoms with E-state index < -0.39 is 5.97 Å². The second kappa shape index (κ2) is 6.77. The van der Waals surface area contributed by atoms with Gasteiger partial charge in [0.2, 0.25) is 0 Å². The van der Waals surface area contributed by atoms with E-state index in [1.165, 1.54) is 0 Å². The Bertz CT molecular complexity index is 677. The highest BCUT2D eigenvalue weighted by Gasteiger charge is 2.04. The summed E-state index contributed by atoms with van der Waals surface area (Å²) < 4.78 is 0.928. The lowest BCUT2D eigenvalue weighted by Gasteiger charge is -2.04. The largest absolute Gasteiger partial charge is 0.481 e. The molecule has 0 aliphatic rings. The first-order valence-electron chi connectivity index (χ1n) is 5.77. The minimum Gasteiger partial charge on any atom is -0.481 e. The maximum atomic E-state index is 10.6. The van der Waals surface area contributed by atoms with Gasteiger partial charge in [-0.1, -0.05) is 23.9 Å². The number of carbonyl (C=O) groups is 1. The van der Waals surface area contributed by atoms with E-state index in [1.807, 2.05) is 42.5 Å². The molecule has 2 rings (SSSR count). The third-order valence-corrected chi connectivity index (χ3v) is 4.47. The summed E-state index contributed by atoms with van der Waals surface area (Å²) in [6.07, 6.45) is 0.0414. The molecule has 0 bridgehead atoms. The van der Waals surface area contributed by atoms with Gasteiger partial charge in [-0.2, -0.15) is 5.26 Å². The number of nitrogens with zero attached hydrogens (tertiary/aromatic N) is 1. The standard InChI is InChI=1S/C15H10INO2S/c16-14-8-13(6-3-11(14)9-17)20-12-4-1-10(2-5-12)7-15(18)19/h1-6,8H,7H2,(H,18,19). The van der Waals surface area contributed by atoms with Crippen molar-refractivity contribution < 1.29 is 9.90 Å². The zero-order valence-corrected chi connectivity index (χ0v) is 13.3. The summed E-state index contributed by atoms with van der Waals surface area (Å²) >= 11 is 3.73. The predicted molar refractivity (Wildman–Crippen MR) is 85.8 cm³/mol. The number of hydrogen-bond acceptors (Lipinski definition) is 3. The highest BCUT2D eigenvalue weighted by atomic mass is 127. The maximum Gasteiger partial charge on any atom is 0.307 e. The van der Waals surface area contributed by atoms with Crippen LogP contribution in [0.15, 0.2) is 52.3 Å². The molecule has 20 heavy (non-hydrogen) atoms. The highest BCUT2D eigenvalue weighted by Crippen LogP contribution is 2.29. The third kappa shape index (κ3) is 3.99. The van der Waals surface area contributed by atoms with Crippen molar-refractivity contribution in [2.75, 3.05) is 0 Å². The molecule has 0 aliphatic heterocycles. The van der Waals surface area contributed by atoms with Crippen LogP contribution >= 0.6 is 34.4 Å². The van der Waals surface area contributed by atoms with Crippen molar-refractivity contribution in [3.8, 4) is 6.07 Å². The van der Waals surface area contributed by atoms with E-state index in [-0.39, 0.29) is 6.42 Å². The molecule has 0 saturated heterocycles. The van der Waals surface area contributed by atoms with Crippen LogP contribution in [0, 0.1) is 14.9 Å². The fraction of sp³-hybridized carbons (Fsp3) is 0.0667. The van der Waals surface area contributed by atoms with Gasteiger partial charge in [0.15, 0.2) is 0 Å². The monoisotopic (exact) mass is 395 g/mol. The minimum atomic E-state index is -0.827. The quantitative estimate of drug-likeness (QED) is 0.797. The molecule has 0 radical (unpaired) electrons. The van der Waals surface area contributed by atoms with Crippen molar-refractivity contribution in [3.05, 3.63) is 57.2 Å². The van der Waals surface area contributed by atoms with Crippen LogP contribution in [0.4, 0.5) is 0 Å². The molecule has 0 fully saturated rings. The van der Waals surface area contributed by atoms with E-state index in [1.54, 1.807) is 11.8 Å². The summed E-state index contributed by atoms with van der Waals surface area (Å²) in [5, 5.41) is 17.6. The van der Waals surface area contributed by atoms with E-state index in [2.05, 4.69) is 28.7 Å². The van der Waals surface area contributed by atoms with Gasteiger partial charge in [0.05, 0.1) is 12.0 Å². The lowest BCUT2D eigenvalue weighted by atomic mass is 10.2. The summed E-state index contributed by atoms with van der Waals surface area (Å²) in [6.45, 7) is 0. The van der Waals surface area contributed by atoms with Crippen molar-refractivity contribution in [1.29, 1.82) is 5.26 Å². The van der Waals surface area contributed by atoms with Gasteiger partial charge in [0, 0.05) is 13.4 Å². The Balaban J connectivity index is 2.12. The average Bonchev–Trinajstić information content (AvgIpc) is 2.41. The third-order valence-electron chi connectivity index (χ3n) is 2.58. The summed E-state index contributed by atoms with van der Waals surface area (Å²) in [6, 6.07) is 15.3. The van der Waals surface area contributed by atoms with Crippen LogP contribution in [0.1, 0.15) is 11.1 Å². The second-order valence-electron chi connectivity index (χ2n) is 4.07. The topological polar surface area (TPSA) is 61.1 Å². The van der Waals surface area contributed by atoms with Gasteiger partial charge in [-0.15, -0.1) is 0 Å². The number of nitriles is 1. The minimum absolute atomic E-state index is 0.0414. The van der Waals surface area contributed by atoms with Crippen molar-refractivity contribution in [2.45, 2.75) is 16.2 Å². The van der Waals surface area contributed by atoms with Crippen LogP contribution < -0.4 is 0 Å². The van der Waals surface area contributed by atoms with Crippen LogP contribution in [0.2, 0.25) is 0 Å². The van der Waals surface area contributed by atoms with Crippen molar-refractivity contribution >= 4 is 40.3 Å². The number of halogens is 1. The Morgan fingerprint density at radius 1 is 1.20 bits per heavy atom. The maximum absolute atomic E-state index is 10.6. The molecule has 0 saturated carbocycles. The van der Waals surface area contributed by atoms with Crippen molar-refractivity contribution in [2.24, 2.45) is 0 Å². The first-order valence-corrected chi connectivity index (χ1v) is 7.66. The zero-order chi connectivity index (χ0) is 14.5. The molecule has 0 aromatic heterocycles. The van der Waals surface area contributed by atoms with Gasteiger partial charge in [-0.3, -0.25) is 4.79 Å². The van der Waals surface area contributed by atoms with Crippen LogP contribution in [-0.4, -0.2) is 11.1 Å². The Morgan fingerprint density at radius 2 is 1.85 bits per heavy atom. The molecule has 3 nitrogen and oxygen atoms in total. The molecule has 5 heteroatoms. The molecule has 0 spiro atoms. The normalized spacial score (nSPS) is 10.0. The van der Waals surface area contributed by atoms with Gasteiger partial charge in [0.25, 0.3) is 0 Å². The molecule has 0 aliphatic carbocycles.